The second-order valence-corrected chi connectivity index (χ2v) is 5.38. The summed E-state index contributed by atoms with van der Waals surface area (Å²) >= 11 is 0. The summed E-state index contributed by atoms with van der Waals surface area (Å²) in [5.74, 6) is -0.139. The highest BCUT2D eigenvalue weighted by Crippen LogP contribution is 2.17. The van der Waals surface area contributed by atoms with Crippen LogP contribution >= 0.6 is 0 Å². The fourth-order valence-corrected chi connectivity index (χ4v) is 1.76. The van der Waals surface area contributed by atoms with Crippen LogP contribution in [0.3, 0.4) is 0 Å². The van der Waals surface area contributed by atoms with Gasteiger partial charge in [0.2, 0.25) is 0 Å². The Labute approximate surface area is 112 Å². The number of hydrogen-bond donors (Lipinski definition) is 2. The van der Waals surface area contributed by atoms with Crippen LogP contribution in [-0.4, -0.2) is 29.1 Å². The van der Waals surface area contributed by atoms with Gasteiger partial charge in [0, 0.05) is 30.1 Å². The van der Waals surface area contributed by atoms with Gasteiger partial charge in [0.15, 0.2) is 0 Å². The quantitative estimate of drug-likeness (QED) is 0.881. The number of aromatic nitrogens is 1. The Balaban J connectivity index is 2.23. The number of nitrogens with one attached hydrogen (secondary N) is 1. The number of aliphatic hydroxyl groups is 1. The molecule has 0 saturated carbocycles. The number of carbonyl (C=O) groups is 1. The minimum atomic E-state index is -0.321. The van der Waals surface area contributed by atoms with E-state index >= 15 is 0 Å². The Kier molecular flexibility index (Phi) is 3.81. The molecule has 0 unspecified atom stereocenters. The monoisotopic (exact) mass is 258 g/mol. The molecule has 4 nitrogen and oxygen atoms in total. The van der Waals surface area contributed by atoms with Crippen molar-refractivity contribution in [2.45, 2.75) is 13.8 Å². The molecular weight excluding hydrogens is 240 g/mol. The largest absolute Gasteiger partial charge is 0.396 e. The van der Waals surface area contributed by atoms with E-state index in [4.69, 9.17) is 0 Å². The van der Waals surface area contributed by atoms with Crippen LogP contribution in [0, 0.1) is 5.41 Å². The fourth-order valence-electron chi connectivity index (χ4n) is 1.76. The standard InChI is InChI=1S/C15H18N2O2/c1-15(2,10-18)9-17-14(19)12-7-8-16-13-6-4-3-5-11(12)13/h3-8,18H,9-10H2,1-2H3,(H,17,19). The third kappa shape index (κ3) is 3.09. The molecule has 0 atom stereocenters. The predicted molar refractivity (Wildman–Crippen MR) is 74.9 cm³/mol. The summed E-state index contributed by atoms with van der Waals surface area (Å²) < 4.78 is 0. The van der Waals surface area contributed by atoms with Crippen LogP contribution < -0.4 is 5.32 Å². The van der Waals surface area contributed by atoms with E-state index in [9.17, 15) is 9.90 Å². The SMILES string of the molecule is CC(C)(CO)CNC(=O)c1ccnc2ccccc12. The number of rotatable bonds is 4. The first-order valence-corrected chi connectivity index (χ1v) is 6.26. The number of pyridine rings is 1. The van der Waals surface area contributed by atoms with E-state index in [0.717, 1.165) is 10.9 Å². The average Bonchev–Trinajstić information content (AvgIpc) is 2.44. The molecule has 2 rings (SSSR count). The van der Waals surface area contributed by atoms with Gasteiger partial charge in [-0.05, 0) is 12.1 Å². The van der Waals surface area contributed by atoms with Gasteiger partial charge in [-0.3, -0.25) is 9.78 Å². The molecule has 1 heterocycles. The van der Waals surface area contributed by atoms with Crippen molar-refractivity contribution in [2.75, 3.05) is 13.2 Å². The van der Waals surface area contributed by atoms with Crippen LogP contribution in [0.15, 0.2) is 36.5 Å². The van der Waals surface area contributed by atoms with E-state index in [0.29, 0.717) is 12.1 Å². The van der Waals surface area contributed by atoms with E-state index in [1.54, 1.807) is 12.3 Å². The molecule has 0 radical (unpaired) electrons. The summed E-state index contributed by atoms with van der Waals surface area (Å²) in [4.78, 5) is 16.4. The first kappa shape index (κ1) is 13.5. The first-order valence-electron chi connectivity index (χ1n) is 6.26. The molecule has 100 valence electrons. The highest BCUT2D eigenvalue weighted by Gasteiger charge is 2.18. The van der Waals surface area contributed by atoms with Crippen molar-refractivity contribution in [3.05, 3.63) is 42.1 Å². The lowest BCUT2D eigenvalue weighted by atomic mass is 9.95. The maximum Gasteiger partial charge on any atom is 0.252 e. The lowest BCUT2D eigenvalue weighted by molar-refractivity contribution is 0.0912. The highest BCUT2D eigenvalue weighted by atomic mass is 16.3. The zero-order chi connectivity index (χ0) is 13.9. The molecule has 1 amide bonds. The number of para-hydroxylation sites is 1. The van der Waals surface area contributed by atoms with Gasteiger partial charge in [-0.2, -0.15) is 0 Å². The molecular formula is C15H18N2O2. The Bertz CT molecular complexity index is 588. The van der Waals surface area contributed by atoms with Crippen molar-refractivity contribution in [1.82, 2.24) is 10.3 Å². The lowest BCUT2D eigenvalue weighted by Crippen LogP contribution is -2.36. The van der Waals surface area contributed by atoms with Crippen molar-refractivity contribution in [3.63, 3.8) is 0 Å². The van der Waals surface area contributed by atoms with Gasteiger partial charge in [0.25, 0.3) is 5.91 Å². The summed E-state index contributed by atoms with van der Waals surface area (Å²) in [7, 11) is 0. The molecule has 0 aliphatic rings. The second kappa shape index (κ2) is 5.36. The number of aliphatic hydroxyl groups excluding tert-OH is 1. The van der Waals surface area contributed by atoms with Crippen LogP contribution in [0.4, 0.5) is 0 Å². The summed E-state index contributed by atoms with van der Waals surface area (Å²) in [6.45, 7) is 4.26. The van der Waals surface area contributed by atoms with Gasteiger partial charge in [-0.1, -0.05) is 32.0 Å². The topological polar surface area (TPSA) is 62.2 Å². The third-order valence-corrected chi connectivity index (χ3v) is 3.05. The molecule has 4 heteroatoms. The normalized spacial score (nSPS) is 11.5. The molecule has 2 N–H and O–H groups in total. The van der Waals surface area contributed by atoms with Crippen LogP contribution in [0.2, 0.25) is 0 Å². The third-order valence-electron chi connectivity index (χ3n) is 3.05. The van der Waals surface area contributed by atoms with Gasteiger partial charge in [-0.15, -0.1) is 0 Å². The predicted octanol–water partition coefficient (Wildman–Crippen LogP) is 1.98. The molecule has 19 heavy (non-hydrogen) atoms. The van der Waals surface area contributed by atoms with Crippen LogP contribution in [0.1, 0.15) is 24.2 Å². The Hall–Kier alpha value is -1.94. The van der Waals surface area contributed by atoms with E-state index in [1.807, 2.05) is 38.1 Å². The van der Waals surface area contributed by atoms with E-state index in [1.165, 1.54) is 0 Å². The molecule has 0 aliphatic carbocycles. The minimum absolute atomic E-state index is 0.0321. The molecule has 0 spiro atoms. The molecule has 0 saturated heterocycles. The van der Waals surface area contributed by atoms with Gasteiger partial charge >= 0.3 is 0 Å². The van der Waals surface area contributed by atoms with E-state index < -0.39 is 0 Å². The van der Waals surface area contributed by atoms with E-state index in [2.05, 4.69) is 10.3 Å². The van der Waals surface area contributed by atoms with E-state index in [-0.39, 0.29) is 17.9 Å². The van der Waals surface area contributed by atoms with Crippen molar-refractivity contribution in [3.8, 4) is 0 Å². The summed E-state index contributed by atoms with van der Waals surface area (Å²) in [5, 5.41) is 12.9. The summed E-state index contributed by atoms with van der Waals surface area (Å²) in [5.41, 5.74) is 1.09. The average molecular weight is 258 g/mol. The van der Waals surface area contributed by atoms with Crippen LogP contribution in [0.5, 0.6) is 0 Å². The molecule has 1 aromatic heterocycles. The number of benzene rings is 1. The summed E-state index contributed by atoms with van der Waals surface area (Å²) in [6, 6.07) is 9.26. The smallest absolute Gasteiger partial charge is 0.252 e. The van der Waals surface area contributed by atoms with Gasteiger partial charge < -0.3 is 10.4 Å². The minimum Gasteiger partial charge on any atom is -0.396 e. The molecule has 2 aromatic rings. The van der Waals surface area contributed by atoms with Gasteiger partial charge in [-0.25, -0.2) is 0 Å². The van der Waals surface area contributed by atoms with Crippen LogP contribution in [0.25, 0.3) is 10.9 Å². The maximum absolute atomic E-state index is 12.2. The zero-order valence-electron chi connectivity index (χ0n) is 11.2. The summed E-state index contributed by atoms with van der Waals surface area (Å²) in [6.07, 6.45) is 1.63. The zero-order valence-corrected chi connectivity index (χ0v) is 11.2. The molecule has 1 aromatic carbocycles. The second-order valence-electron chi connectivity index (χ2n) is 5.38. The molecule has 0 aliphatic heterocycles. The van der Waals surface area contributed by atoms with Crippen LogP contribution in [-0.2, 0) is 0 Å². The Morgan fingerprint density at radius 1 is 1.32 bits per heavy atom. The Morgan fingerprint density at radius 2 is 2.05 bits per heavy atom. The number of amides is 1. The molecule has 0 fully saturated rings. The number of nitrogens with zero attached hydrogens (tertiary/aromatic N) is 1. The van der Waals surface area contributed by atoms with Crippen molar-refractivity contribution in [1.29, 1.82) is 0 Å². The fraction of sp³-hybridized carbons (Fsp3) is 0.333. The highest BCUT2D eigenvalue weighted by molar-refractivity contribution is 6.05. The maximum atomic E-state index is 12.2. The van der Waals surface area contributed by atoms with Gasteiger partial charge in [0.05, 0.1) is 11.1 Å². The number of hydrogen-bond acceptors (Lipinski definition) is 3. The van der Waals surface area contributed by atoms with Crippen molar-refractivity contribution >= 4 is 16.8 Å². The molecule has 0 bridgehead atoms. The van der Waals surface area contributed by atoms with Gasteiger partial charge in [0.1, 0.15) is 0 Å². The number of fused-ring (bicyclic) bond motifs is 1. The lowest BCUT2D eigenvalue weighted by Gasteiger charge is -2.22. The van der Waals surface area contributed by atoms with Crippen molar-refractivity contribution in [2.24, 2.45) is 5.41 Å². The number of carbonyl (C=O) groups excluding carboxylic acids is 1. The van der Waals surface area contributed by atoms with Crippen molar-refractivity contribution < 1.29 is 9.90 Å². The Morgan fingerprint density at radius 3 is 2.79 bits per heavy atom. The first-order chi connectivity index (χ1) is 9.03.